The first-order valence-corrected chi connectivity index (χ1v) is 11.5. The van der Waals surface area contributed by atoms with Crippen LogP contribution in [0, 0.1) is 5.82 Å². The molecule has 1 aromatic carbocycles. The van der Waals surface area contributed by atoms with Crippen LogP contribution in [0.15, 0.2) is 24.4 Å². The Bertz CT molecular complexity index is 1480. The summed E-state index contributed by atoms with van der Waals surface area (Å²) < 4.78 is 20.5. The van der Waals surface area contributed by atoms with E-state index in [9.17, 15) is 9.18 Å². The lowest BCUT2D eigenvalue weighted by Gasteiger charge is -2.31. The van der Waals surface area contributed by atoms with Gasteiger partial charge in [0, 0.05) is 38.6 Å². The number of anilines is 2. The molecule has 10 nitrogen and oxygen atoms in total. The Morgan fingerprint density at radius 2 is 2.03 bits per heavy atom. The number of nitrogens with one attached hydrogen (secondary N) is 2. The monoisotopic (exact) mass is 476 g/mol. The first-order chi connectivity index (χ1) is 16.9. The molecule has 0 atom stereocenters. The van der Waals surface area contributed by atoms with E-state index in [1.54, 1.807) is 31.3 Å². The van der Waals surface area contributed by atoms with Crippen LogP contribution in [0.4, 0.5) is 15.9 Å². The maximum atomic E-state index is 14.5. The van der Waals surface area contributed by atoms with Gasteiger partial charge in [0.25, 0.3) is 5.91 Å². The molecule has 180 valence electrons. The number of hydrogen-bond donors (Lipinski definition) is 3. The smallest absolute Gasteiger partial charge is 0.326 e. The third kappa shape index (κ3) is 3.59. The van der Waals surface area contributed by atoms with Crippen molar-refractivity contribution in [3.05, 3.63) is 41.5 Å². The Morgan fingerprint density at radius 3 is 2.80 bits per heavy atom. The fourth-order valence-electron chi connectivity index (χ4n) is 4.86. The number of pyridine rings is 1. The van der Waals surface area contributed by atoms with Crippen molar-refractivity contribution in [2.75, 3.05) is 37.4 Å². The number of halogens is 1. The van der Waals surface area contributed by atoms with E-state index in [0.717, 1.165) is 36.8 Å². The molecular weight excluding hydrogens is 451 g/mol. The lowest BCUT2D eigenvalue weighted by Crippen LogP contribution is -2.40. The topological polar surface area (TPSA) is 125 Å². The molecule has 11 heteroatoms. The molecule has 0 aliphatic carbocycles. The van der Waals surface area contributed by atoms with Crippen LogP contribution < -0.4 is 20.7 Å². The lowest BCUT2D eigenvalue weighted by atomic mass is 10.1. The highest BCUT2D eigenvalue weighted by Crippen LogP contribution is 2.38. The number of fused-ring (bicyclic) bond motifs is 4. The summed E-state index contributed by atoms with van der Waals surface area (Å²) in [5.74, 6) is 0.572. The molecule has 35 heavy (non-hydrogen) atoms. The Hall–Kier alpha value is -3.99. The molecule has 0 radical (unpaired) electrons. The lowest BCUT2D eigenvalue weighted by molar-refractivity contribution is 0.0816. The Kier molecular flexibility index (Phi) is 4.95. The van der Waals surface area contributed by atoms with Crippen LogP contribution >= 0.6 is 0 Å². The molecule has 4 aromatic rings. The van der Waals surface area contributed by atoms with Crippen molar-refractivity contribution in [1.82, 2.24) is 24.8 Å². The summed E-state index contributed by atoms with van der Waals surface area (Å²) in [6, 6.07) is 4.85. The van der Waals surface area contributed by atoms with Gasteiger partial charge >= 0.3 is 6.01 Å². The van der Waals surface area contributed by atoms with E-state index in [-0.39, 0.29) is 23.8 Å². The van der Waals surface area contributed by atoms with E-state index in [4.69, 9.17) is 15.5 Å². The first-order valence-electron chi connectivity index (χ1n) is 11.5. The van der Waals surface area contributed by atoms with Gasteiger partial charge < -0.3 is 30.6 Å². The zero-order valence-corrected chi connectivity index (χ0v) is 19.4. The summed E-state index contributed by atoms with van der Waals surface area (Å²) >= 11 is 0. The molecule has 2 aliphatic rings. The number of rotatable bonds is 4. The molecule has 1 amide bonds. The minimum Gasteiger partial charge on any atom is -0.423 e. The second-order valence-corrected chi connectivity index (χ2v) is 9.06. The van der Waals surface area contributed by atoms with E-state index in [1.807, 2.05) is 0 Å². The average Bonchev–Trinajstić information content (AvgIpc) is 3.35. The van der Waals surface area contributed by atoms with E-state index in [1.165, 1.54) is 12.1 Å². The molecule has 1 fully saturated rings. The predicted octanol–water partition coefficient (Wildman–Crippen LogP) is 2.99. The largest absolute Gasteiger partial charge is 0.423 e. The standard InChI is InChI=1S/C24H25FN8O2/c1-27-17-8-12(25)7-16-19-21(29-20(16)17)30-24(31-22(19)33-5-3-13(26)4-6-33)35-14-9-15-18(28-10-14)11-32(2)23(15)34/h7-10,13,27H,3-6,11,26H2,1-2H3,(H,29,30,31). The van der Waals surface area contributed by atoms with Crippen LogP contribution in [0.3, 0.4) is 0 Å². The van der Waals surface area contributed by atoms with Gasteiger partial charge in [-0.2, -0.15) is 9.97 Å². The third-order valence-corrected chi connectivity index (χ3v) is 6.71. The molecule has 4 N–H and O–H groups in total. The zero-order valence-electron chi connectivity index (χ0n) is 19.4. The fourth-order valence-corrected chi connectivity index (χ4v) is 4.86. The Morgan fingerprint density at radius 1 is 1.23 bits per heavy atom. The molecule has 0 spiro atoms. The third-order valence-electron chi connectivity index (χ3n) is 6.71. The highest BCUT2D eigenvalue weighted by atomic mass is 19.1. The summed E-state index contributed by atoms with van der Waals surface area (Å²) in [5.41, 5.74) is 9.24. The van der Waals surface area contributed by atoms with Crippen LogP contribution in [0.5, 0.6) is 11.8 Å². The zero-order chi connectivity index (χ0) is 24.3. The highest BCUT2D eigenvalue weighted by Gasteiger charge is 2.27. The second-order valence-electron chi connectivity index (χ2n) is 9.06. The van der Waals surface area contributed by atoms with Crippen LogP contribution in [0.2, 0.25) is 0 Å². The number of piperidine rings is 1. The molecule has 3 aromatic heterocycles. The van der Waals surface area contributed by atoms with Gasteiger partial charge in [-0.15, -0.1) is 0 Å². The van der Waals surface area contributed by atoms with Crippen LogP contribution in [-0.2, 0) is 6.54 Å². The van der Waals surface area contributed by atoms with Gasteiger partial charge in [-0.05, 0) is 31.0 Å². The normalized spacial score (nSPS) is 16.4. The van der Waals surface area contributed by atoms with E-state index in [2.05, 4.69) is 25.2 Å². The van der Waals surface area contributed by atoms with Crippen molar-refractivity contribution < 1.29 is 13.9 Å². The minimum atomic E-state index is -0.353. The van der Waals surface area contributed by atoms with E-state index >= 15 is 0 Å². The summed E-state index contributed by atoms with van der Waals surface area (Å²) in [7, 11) is 3.48. The maximum Gasteiger partial charge on any atom is 0.326 e. The molecular formula is C24H25FN8O2. The summed E-state index contributed by atoms with van der Waals surface area (Å²) in [4.78, 5) is 33.2. The number of amides is 1. The molecule has 5 heterocycles. The number of benzene rings is 1. The molecule has 0 unspecified atom stereocenters. The SMILES string of the molecule is CNc1cc(F)cc2c1[nH]c1nc(Oc3cnc4c(c3)C(=O)N(C)C4)nc(N3CCC(N)CC3)c12. The number of ether oxygens (including phenoxy) is 1. The van der Waals surface area contributed by atoms with Crippen molar-refractivity contribution in [2.24, 2.45) is 5.73 Å². The average molecular weight is 477 g/mol. The van der Waals surface area contributed by atoms with Crippen molar-refractivity contribution >= 4 is 39.3 Å². The number of carbonyl (C=O) groups is 1. The minimum absolute atomic E-state index is 0.100. The maximum absolute atomic E-state index is 14.5. The summed E-state index contributed by atoms with van der Waals surface area (Å²) in [5, 5.41) is 4.45. The van der Waals surface area contributed by atoms with Gasteiger partial charge in [0.15, 0.2) is 0 Å². The van der Waals surface area contributed by atoms with Crippen LogP contribution in [0.25, 0.3) is 21.9 Å². The Balaban J connectivity index is 1.48. The molecule has 6 rings (SSSR count). The van der Waals surface area contributed by atoms with Crippen molar-refractivity contribution in [2.45, 2.75) is 25.4 Å². The van der Waals surface area contributed by atoms with Gasteiger partial charge in [-0.25, -0.2) is 4.39 Å². The number of carbonyl (C=O) groups excluding carboxylic acids is 1. The molecule has 1 saturated heterocycles. The Labute approximate surface area is 200 Å². The van der Waals surface area contributed by atoms with Crippen molar-refractivity contribution in [1.29, 1.82) is 0 Å². The van der Waals surface area contributed by atoms with Gasteiger partial charge in [-0.1, -0.05) is 0 Å². The predicted molar refractivity (Wildman–Crippen MR) is 130 cm³/mol. The van der Waals surface area contributed by atoms with Crippen LogP contribution in [0.1, 0.15) is 28.9 Å². The molecule has 2 aliphatic heterocycles. The highest BCUT2D eigenvalue weighted by molar-refractivity contribution is 6.14. The first kappa shape index (κ1) is 21.5. The number of hydrogen-bond acceptors (Lipinski definition) is 8. The van der Waals surface area contributed by atoms with Crippen molar-refractivity contribution in [3.8, 4) is 11.8 Å². The number of nitrogens with two attached hydrogens (primary N) is 1. The number of aromatic nitrogens is 4. The van der Waals surface area contributed by atoms with E-state index in [0.29, 0.717) is 46.1 Å². The van der Waals surface area contributed by atoms with Crippen molar-refractivity contribution in [3.63, 3.8) is 0 Å². The molecule has 0 bridgehead atoms. The number of H-pyrrole nitrogens is 1. The van der Waals surface area contributed by atoms with E-state index < -0.39 is 0 Å². The second kappa shape index (κ2) is 8.05. The van der Waals surface area contributed by atoms with Gasteiger partial charge in [0.05, 0.1) is 40.6 Å². The summed E-state index contributed by atoms with van der Waals surface area (Å²) in [6.07, 6.45) is 3.22. The fraction of sp³-hybridized carbons (Fsp3) is 0.333. The van der Waals surface area contributed by atoms with Crippen LogP contribution in [-0.4, -0.2) is 64.0 Å². The quantitative estimate of drug-likeness (QED) is 0.411. The van der Waals surface area contributed by atoms with Gasteiger partial charge in [-0.3, -0.25) is 9.78 Å². The van der Waals surface area contributed by atoms with Gasteiger partial charge in [0.1, 0.15) is 23.0 Å². The van der Waals surface area contributed by atoms with Gasteiger partial charge in [0.2, 0.25) is 0 Å². The number of aromatic amines is 1. The number of nitrogens with zero attached hydrogens (tertiary/aromatic N) is 5. The summed E-state index contributed by atoms with van der Waals surface area (Å²) in [6.45, 7) is 1.90. The molecule has 0 saturated carbocycles.